The van der Waals surface area contributed by atoms with E-state index in [9.17, 15) is 0 Å². The fourth-order valence-electron chi connectivity index (χ4n) is 0.167. The van der Waals surface area contributed by atoms with Gasteiger partial charge in [0.15, 0.2) is 0 Å². The average Bonchev–Trinajstić information content (AvgIpc) is 1.68. The zero-order valence-corrected chi connectivity index (χ0v) is 7.33. The summed E-state index contributed by atoms with van der Waals surface area (Å²) in [5.74, 6) is 0. The van der Waals surface area contributed by atoms with E-state index >= 15 is 0 Å². The first-order valence-electron chi connectivity index (χ1n) is 2.11. The van der Waals surface area contributed by atoms with Crippen molar-refractivity contribution in [2.75, 3.05) is 3.76 Å². The van der Waals surface area contributed by atoms with Crippen molar-refractivity contribution in [3.05, 3.63) is 12.7 Å². The third-order valence-electron chi connectivity index (χ3n) is 0.658. The van der Waals surface area contributed by atoms with Crippen LogP contribution in [0, 0.1) is 0 Å². The quantitative estimate of drug-likeness (QED) is 0.406. The Kier molecular flexibility index (Phi) is 5.55. The Morgan fingerprint density at radius 2 is 2.57 bits per heavy atom. The summed E-state index contributed by atoms with van der Waals surface area (Å²) in [5, 5.41) is 0.622. The summed E-state index contributed by atoms with van der Waals surface area (Å²) in [5.41, 5.74) is 0. The molecule has 0 aliphatic carbocycles. The molecule has 42 valence electrons. The number of halogens is 1. The molecule has 0 saturated carbocycles. The highest BCUT2D eigenvalue weighted by Gasteiger charge is 1.90. The summed E-state index contributed by atoms with van der Waals surface area (Å²) in [6, 6.07) is 0. The number of rotatable bonds is 3. The molecule has 0 aromatic carbocycles. The standard InChI is InChI=1S/C5H9IS/c1-3-5(2)7-4-6/h3,5H,1,4H2,2H3/t5-/m1/s1. The Bertz CT molecular complexity index is 54.0. The fourth-order valence-corrected chi connectivity index (χ4v) is 2.20. The van der Waals surface area contributed by atoms with Gasteiger partial charge in [0, 0.05) is 9.01 Å². The van der Waals surface area contributed by atoms with E-state index in [1.807, 2.05) is 17.8 Å². The van der Waals surface area contributed by atoms with Crippen molar-refractivity contribution >= 4 is 34.4 Å². The molecule has 1 atom stereocenters. The van der Waals surface area contributed by atoms with Crippen molar-refractivity contribution in [2.24, 2.45) is 0 Å². The average molecular weight is 228 g/mol. The van der Waals surface area contributed by atoms with Crippen molar-refractivity contribution in [2.45, 2.75) is 12.2 Å². The molecule has 0 spiro atoms. The third-order valence-corrected chi connectivity index (χ3v) is 2.58. The second-order valence-electron chi connectivity index (χ2n) is 1.22. The highest BCUT2D eigenvalue weighted by molar-refractivity contribution is 14.1. The lowest BCUT2D eigenvalue weighted by atomic mass is 10.5. The maximum absolute atomic E-state index is 3.66. The van der Waals surface area contributed by atoms with Crippen LogP contribution >= 0.6 is 34.4 Å². The summed E-state index contributed by atoms with van der Waals surface area (Å²) < 4.78 is 1.16. The van der Waals surface area contributed by atoms with Gasteiger partial charge in [-0.25, -0.2) is 0 Å². The Labute approximate surface area is 62.9 Å². The van der Waals surface area contributed by atoms with Crippen molar-refractivity contribution in [3.8, 4) is 0 Å². The molecule has 0 rings (SSSR count). The van der Waals surface area contributed by atoms with Crippen LogP contribution in [-0.2, 0) is 0 Å². The van der Waals surface area contributed by atoms with Crippen LogP contribution in [0.2, 0.25) is 0 Å². The zero-order valence-electron chi connectivity index (χ0n) is 4.36. The van der Waals surface area contributed by atoms with E-state index < -0.39 is 0 Å². The van der Waals surface area contributed by atoms with Gasteiger partial charge in [0.2, 0.25) is 0 Å². The van der Waals surface area contributed by atoms with Crippen molar-refractivity contribution in [1.29, 1.82) is 0 Å². The lowest BCUT2D eigenvalue weighted by molar-refractivity contribution is 1.26. The molecule has 0 radical (unpaired) electrons. The van der Waals surface area contributed by atoms with Crippen LogP contribution in [0.15, 0.2) is 12.7 Å². The van der Waals surface area contributed by atoms with E-state index in [0.717, 1.165) is 3.76 Å². The molecule has 2 heteroatoms. The minimum Gasteiger partial charge on any atom is -0.144 e. The van der Waals surface area contributed by atoms with E-state index in [-0.39, 0.29) is 0 Å². The molecule has 0 aromatic heterocycles. The zero-order chi connectivity index (χ0) is 5.70. The molecular formula is C5H9IS. The fraction of sp³-hybridized carbons (Fsp3) is 0.600. The van der Waals surface area contributed by atoms with Gasteiger partial charge in [-0.3, -0.25) is 0 Å². The van der Waals surface area contributed by atoms with Crippen LogP contribution < -0.4 is 0 Å². The summed E-state index contributed by atoms with van der Waals surface area (Å²) >= 11 is 4.24. The summed E-state index contributed by atoms with van der Waals surface area (Å²) in [4.78, 5) is 0. The van der Waals surface area contributed by atoms with Crippen molar-refractivity contribution < 1.29 is 0 Å². The molecule has 0 fully saturated rings. The first-order valence-corrected chi connectivity index (χ1v) is 4.68. The Morgan fingerprint density at radius 1 is 2.00 bits per heavy atom. The Morgan fingerprint density at radius 3 is 2.71 bits per heavy atom. The number of hydrogen-bond donors (Lipinski definition) is 0. The largest absolute Gasteiger partial charge is 0.144 e. The van der Waals surface area contributed by atoms with E-state index in [1.54, 1.807) is 0 Å². The van der Waals surface area contributed by atoms with Crippen LogP contribution in [0.4, 0.5) is 0 Å². The lowest BCUT2D eigenvalue weighted by Crippen LogP contribution is -1.85. The Balaban J connectivity index is 2.98. The van der Waals surface area contributed by atoms with Gasteiger partial charge in [-0.05, 0) is 6.92 Å². The second kappa shape index (κ2) is 4.97. The van der Waals surface area contributed by atoms with E-state index in [2.05, 4.69) is 36.1 Å². The van der Waals surface area contributed by atoms with Crippen LogP contribution in [-0.4, -0.2) is 9.01 Å². The van der Waals surface area contributed by atoms with E-state index in [1.165, 1.54) is 0 Å². The smallest absolute Gasteiger partial charge is 0.0460 e. The number of thioether (sulfide) groups is 1. The van der Waals surface area contributed by atoms with Crippen molar-refractivity contribution in [3.63, 3.8) is 0 Å². The summed E-state index contributed by atoms with van der Waals surface area (Å²) in [6.07, 6.45) is 1.96. The van der Waals surface area contributed by atoms with Crippen LogP contribution in [0.1, 0.15) is 6.92 Å². The molecule has 0 aliphatic rings. The number of alkyl halides is 1. The van der Waals surface area contributed by atoms with Gasteiger partial charge in [0.05, 0.1) is 0 Å². The lowest BCUT2D eigenvalue weighted by Gasteiger charge is -1.97. The molecule has 0 aromatic rings. The molecule has 0 unspecified atom stereocenters. The molecule has 0 nitrogen and oxygen atoms in total. The highest BCUT2D eigenvalue weighted by atomic mass is 127. The van der Waals surface area contributed by atoms with Crippen LogP contribution in [0.25, 0.3) is 0 Å². The third kappa shape index (κ3) is 4.68. The minimum atomic E-state index is 0.622. The molecule has 0 N–H and O–H groups in total. The van der Waals surface area contributed by atoms with Gasteiger partial charge in [-0.15, -0.1) is 18.3 Å². The second-order valence-corrected chi connectivity index (χ2v) is 4.38. The van der Waals surface area contributed by atoms with E-state index in [0.29, 0.717) is 5.25 Å². The van der Waals surface area contributed by atoms with Gasteiger partial charge in [-0.1, -0.05) is 28.7 Å². The van der Waals surface area contributed by atoms with Crippen LogP contribution in [0.3, 0.4) is 0 Å². The molecule has 7 heavy (non-hydrogen) atoms. The highest BCUT2D eigenvalue weighted by Crippen LogP contribution is 2.12. The molecule has 0 saturated heterocycles. The maximum Gasteiger partial charge on any atom is 0.0460 e. The minimum absolute atomic E-state index is 0.622. The van der Waals surface area contributed by atoms with Gasteiger partial charge >= 0.3 is 0 Å². The maximum atomic E-state index is 3.66. The molecule has 0 amide bonds. The Hall–Kier alpha value is 0.820. The van der Waals surface area contributed by atoms with Crippen LogP contribution in [0.5, 0.6) is 0 Å². The van der Waals surface area contributed by atoms with Gasteiger partial charge < -0.3 is 0 Å². The van der Waals surface area contributed by atoms with Gasteiger partial charge in [-0.2, -0.15) is 0 Å². The van der Waals surface area contributed by atoms with Gasteiger partial charge in [0.1, 0.15) is 0 Å². The normalized spacial score (nSPS) is 13.4. The van der Waals surface area contributed by atoms with Crippen molar-refractivity contribution in [1.82, 2.24) is 0 Å². The molecule has 0 heterocycles. The molecular weight excluding hydrogens is 219 g/mol. The summed E-state index contributed by atoms with van der Waals surface area (Å²) in [6.45, 7) is 5.80. The topological polar surface area (TPSA) is 0 Å². The summed E-state index contributed by atoms with van der Waals surface area (Å²) in [7, 11) is 0. The predicted octanol–water partition coefficient (Wildman–Crippen LogP) is 2.69. The molecule has 0 aliphatic heterocycles. The monoisotopic (exact) mass is 228 g/mol. The molecule has 0 bridgehead atoms. The first-order chi connectivity index (χ1) is 3.31. The predicted molar refractivity (Wildman–Crippen MR) is 46.1 cm³/mol. The SMILES string of the molecule is C=C[C@@H](C)SCI. The van der Waals surface area contributed by atoms with E-state index in [4.69, 9.17) is 0 Å². The number of hydrogen-bond acceptors (Lipinski definition) is 1. The first kappa shape index (κ1) is 7.82. The van der Waals surface area contributed by atoms with Gasteiger partial charge in [0.25, 0.3) is 0 Å².